The molecule has 31 heteroatoms. The summed E-state index contributed by atoms with van der Waals surface area (Å²) in [5, 5.41) is 320. The molecule has 0 spiro atoms. The van der Waals surface area contributed by atoms with Crippen LogP contribution in [0.5, 0.6) is 138 Å². The second kappa shape index (κ2) is 15.2. The molecule has 0 saturated carbocycles. The van der Waals surface area contributed by atoms with Crippen LogP contribution in [0.25, 0.3) is 87.6 Å². The van der Waals surface area contributed by atoms with Crippen molar-refractivity contribution < 1.29 is 153 Å². The van der Waals surface area contributed by atoms with Crippen molar-refractivity contribution in [3.8, 4) is 171 Å². The molecule has 0 bridgehead atoms. The van der Waals surface area contributed by atoms with Crippen molar-refractivity contribution in [1.82, 2.24) is 0 Å². The van der Waals surface area contributed by atoms with Gasteiger partial charge in [0.2, 0.25) is 40.2 Å². The summed E-state index contributed by atoms with van der Waals surface area (Å²) in [6.45, 7) is 0.799. The summed E-state index contributed by atoms with van der Waals surface area (Å²) in [7, 11) is 0. The Morgan fingerprint density at radius 1 is 0.296 bits per heavy atom. The molecule has 1 aromatic heterocycles. The maximum Gasteiger partial charge on any atom is 0.205 e. The first-order valence-corrected chi connectivity index (χ1v) is 22.3. The molecular weight excluding hydrogens is 1090 g/mol. The molecule has 9 aromatic rings. The van der Waals surface area contributed by atoms with Gasteiger partial charge in [0.1, 0.15) is 23.0 Å². The first-order chi connectivity index (χ1) is 37.6. The molecule has 1 heterocycles. The minimum atomic E-state index is -3.45. The Morgan fingerprint density at radius 2 is 0.593 bits per heavy atom. The number of hydrogen-bond acceptors (Lipinski definition) is 31. The van der Waals surface area contributed by atoms with E-state index in [4.69, 9.17) is 10.2 Å². The van der Waals surface area contributed by atoms with Crippen LogP contribution in [0.2, 0.25) is 0 Å². The number of furan rings is 1. The number of phenols is 24. The average molecular weight is 1130 g/mol. The first kappa shape index (κ1) is 51.3. The third kappa shape index (κ3) is 5.39. The van der Waals surface area contributed by atoms with Gasteiger partial charge in [-0.1, -0.05) is 0 Å². The van der Waals surface area contributed by atoms with E-state index in [9.17, 15) is 148 Å². The molecule has 0 radical (unpaired) electrons. The van der Waals surface area contributed by atoms with Gasteiger partial charge in [-0.05, 0) is 6.92 Å². The molecule has 2 aliphatic rings. The predicted octanol–water partition coefficient (Wildman–Crippen LogP) is 4.86. The summed E-state index contributed by atoms with van der Waals surface area (Å²) in [4.78, 5) is 0. The normalized spacial score (nSPS) is 18.1. The molecule has 3 unspecified atom stereocenters. The van der Waals surface area contributed by atoms with Crippen LogP contribution in [-0.4, -0.2) is 148 Å². The Kier molecular flexibility index (Phi) is 9.62. The van der Waals surface area contributed by atoms with Gasteiger partial charge >= 0.3 is 0 Å². The van der Waals surface area contributed by atoms with E-state index in [0.29, 0.717) is 0 Å². The lowest BCUT2D eigenvalue weighted by Crippen LogP contribution is -2.52. The summed E-state index contributed by atoms with van der Waals surface area (Å²) < 4.78 is 5.50. The van der Waals surface area contributed by atoms with Crippen molar-refractivity contribution >= 4 is 54.3 Å². The minimum Gasteiger partial charge on any atom is -0.508 e. The number of fused-ring (bicyclic) bond motifs is 10. The maximum atomic E-state index is 12.3. The van der Waals surface area contributed by atoms with Gasteiger partial charge < -0.3 is 153 Å². The molecule has 81 heavy (non-hydrogen) atoms. The summed E-state index contributed by atoms with van der Waals surface area (Å²) in [6.07, 6.45) is 0. The van der Waals surface area contributed by atoms with E-state index in [2.05, 4.69) is 0 Å². The third-order valence-corrected chi connectivity index (χ3v) is 15.3. The van der Waals surface area contributed by atoms with E-state index < -0.39 is 277 Å². The van der Waals surface area contributed by atoms with E-state index in [0.717, 1.165) is 6.92 Å². The molecular formula is C50H35NO30. The number of allylic oxidation sites excluding steroid dienone is 1. The maximum absolute atomic E-state index is 12.3. The Morgan fingerprint density at radius 3 is 1.02 bits per heavy atom. The lowest BCUT2D eigenvalue weighted by atomic mass is 9.68. The van der Waals surface area contributed by atoms with Crippen LogP contribution in [-0.2, 0) is 5.72 Å². The summed E-state index contributed by atoms with van der Waals surface area (Å²) in [5.41, 5.74) is -13.5. The SMILES string of the molecule is CC12C(O)=C(O)C(O)=C(O)C1c1c(O)c(O)c(-c3c4c(O)c(O)c(O)c(O)c4c(-c4c(O)c(O)c(-c5c(O)c(O)c6oc7c8c(O)c(O)c(O)c(O)c8c(O)c(O)c7c6c5O)c(O)c4O)c4c(O)c(O)c(O)c(O)c34)c(O)c1C2(N)O. The topological polar surface area (TPSA) is 626 Å². The van der Waals surface area contributed by atoms with Gasteiger partial charge in [0.25, 0.3) is 0 Å². The molecule has 420 valence electrons. The Hall–Kier alpha value is -11.9. The number of rotatable bonds is 3. The molecule has 0 aliphatic heterocycles. The molecule has 0 fully saturated rings. The number of aromatic hydroxyl groups is 24. The lowest BCUT2D eigenvalue weighted by molar-refractivity contribution is -0.0812. The largest absolute Gasteiger partial charge is 0.508 e. The van der Waals surface area contributed by atoms with Crippen molar-refractivity contribution in [3.05, 3.63) is 34.2 Å². The molecule has 0 amide bonds. The number of phenolic OH excluding ortho intramolecular Hbond substituents is 24. The van der Waals surface area contributed by atoms with Gasteiger partial charge in [-0.3, -0.25) is 5.73 Å². The van der Waals surface area contributed by atoms with Crippen molar-refractivity contribution in [2.45, 2.75) is 18.6 Å². The van der Waals surface area contributed by atoms with Crippen LogP contribution in [0.1, 0.15) is 24.0 Å². The fourth-order valence-electron chi connectivity index (χ4n) is 11.3. The molecule has 2 aliphatic carbocycles. The van der Waals surface area contributed by atoms with Gasteiger partial charge in [0, 0.05) is 43.8 Å². The van der Waals surface area contributed by atoms with Crippen molar-refractivity contribution in [1.29, 1.82) is 0 Å². The highest BCUT2D eigenvalue weighted by atomic mass is 16.4. The zero-order valence-corrected chi connectivity index (χ0v) is 39.5. The van der Waals surface area contributed by atoms with E-state index >= 15 is 0 Å². The van der Waals surface area contributed by atoms with Crippen LogP contribution in [0.3, 0.4) is 0 Å². The van der Waals surface area contributed by atoms with Gasteiger partial charge in [-0.15, -0.1) is 0 Å². The fourth-order valence-corrected chi connectivity index (χ4v) is 11.3. The lowest BCUT2D eigenvalue weighted by Gasteiger charge is -2.41. The molecule has 3 atom stereocenters. The summed E-state index contributed by atoms with van der Waals surface area (Å²) in [6, 6.07) is 0. The zero-order chi connectivity index (χ0) is 59.8. The number of aliphatic hydroxyl groups is 5. The summed E-state index contributed by atoms with van der Waals surface area (Å²) in [5.74, 6) is -48.6. The van der Waals surface area contributed by atoms with E-state index in [1.54, 1.807) is 0 Å². The number of hydrogen-bond donors (Lipinski definition) is 30. The second-order valence-corrected chi connectivity index (χ2v) is 19.0. The van der Waals surface area contributed by atoms with Crippen molar-refractivity contribution in [2.75, 3.05) is 0 Å². The Labute approximate surface area is 441 Å². The van der Waals surface area contributed by atoms with E-state index in [1.807, 2.05) is 0 Å². The zero-order valence-electron chi connectivity index (χ0n) is 39.5. The molecule has 11 rings (SSSR count). The van der Waals surface area contributed by atoms with Crippen LogP contribution in [0.15, 0.2) is 27.5 Å². The smallest absolute Gasteiger partial charge is 0.205 e. The molecule has 31 N–H and O–H groups in total. The monoisotopic (exact) mass is 1130 g/mol. The standard InChI is InChI=1S/C50H35NO30/c1-49-17(36(69)43(76)45(78)48(49)79)16-18(50(49,51)80)20(53)8(25(58)35(16)68)2-4-6(23(56)39(72)37(70)21(4)54)3(7-5(2)22(55)38(71)40(73)24(7)57)9-26(59)28(61)11(29(62)27(9)60)10-19(52)14-15-33(66)30(63)12-13(34(67)42(75)41(74)31(12)64)46(15)81-47(14)44(77)32(10)65/h17,52-80H,51H2,1H3. The number of aliphatic hydroxyl groups excluding tert-OH is 4. The highest BCUT2D eigenvalue weighted by Crippen LogP contribution is 2.73. The van der Waals surface area contributed by atoms with E-state index in [-0.39, 0.29) is 0 Å². The van der Waals surface area contributed by atoms with Crippen LogP contribution < -0.4 is 5.73 Å². The molecule has 31 nitrogen and oxygen atoms in total. The highest BCUT2D eigenvalue weighted by molar-refractivity contribution is 6.31. The van der Waals surface area contributed by atoms with Crippen molar-refractivity contribution in [3.63, 3.8) is 0 Å². The van der Waals surface area contributed by atoms with E-state index in [1.165, 1.54) is 0 Å². The second-order valence-electron chi connectivity index (χ2n) is 19.0. The quantitative estimate of drug-likeness (QED) is 0.0486. The third-order valence-electron chi connectivity index (χ3n) is 15.3. The molecule has 0 saturated heterocycles. The van der Waals surface area contributed by atoms with Crippen LogP contribution in [0, 0.1) is 5.41 Å². The van der Waals surface area contributed by atoms with Gasteiger partial charge in [-0.2, -0.15) is 0 Å². The van der Waals surface area contributed by atoms with Crippen LogP contribution in [0.4, 0.5) is 0 Å². The molecule has 8 aromatic carbocycles. The Balaban J connectivity index is 1.30. The number of nitrogens with two attached hydrogens (primary N) is 1. The van der Waals surface area contributed by atoms with Gasteiger partial charge in [0.05, 0.1) is 55.1 Å². The Bertz CT molecular complexity index is 4550. The fraction of sp³-hybridized carbons (Fsp3) is 0.0800. The van der Waals surface area contributed by atoms with Gasteiger partial charge in [-0.25, -0.2) is 0 Å². The number of benzene rings is 8. The van der Waals surface area contributed by atoms with Crippen LogP contribution >= 0.6 is 0 Å². The van der Waals surface area contributed by atoms with Gasteiger partial charge in [0.15, 0.2) is 115 Å². The highest BCUT2D eigenvalue weighted by Gasteiger charge is 2.68. The summed E-state index contributed by atoms with van der Waals surface area (Å²) >= 11 is 0. The average Bonchev–Trinajstić information content (AvgIpc) is 2.60. The van der Waals surface area contributed by atoms with Crippen molar-refractivity contribution in [2.24, 2.45) is 11.1 Å². The predicted molar refractivity (Wildman–Crippen MR) is 266 cm³/mol. The first-order valence-electron chi connectivity index (χ1n) is 22.3. The minimum absolute atomic E-state index is 0.799.